The SMILES string of the molecule is CN(C(=O)OCCC1CC1)[C@@]1(C(=O)C2CCN(CC3CC3)CC2)CNC[C@@H]1c1ccc(Cl)c(Cl)c1. The predicted molar refractivity (Wildman–Crippen MR) is 138 cm³/mol. The van der Waals surface area contributed by atoms with Gasteiger partial charge in [0.05, 0.1) is 16.7 Å². The Bertz CT molecular complexity index is 944. The lowest BCUT2D eigenvalue weighted by atomic mass is 9.72. The summed E-state index contributed by atoms with van der Waals surface area (Å²) in [5, 5.41) is 4.36. The summed E-state index contributed by atoms with van der Waals surface area (Å²) in [6, 6.07) is 5.55. The molecule has 2 aliphatic carbocycles. The first-order valence-corrected chi connectivity index (χ1v) is 14.0. The van der Waals surface area contributed by atoms with Gasteiger partial charge < -0.3 is 15.0 Å². The first kappa shape index (κ1) is 25.3. The maximum atomic E-state index is 14.4. The molecule has 1 N–H and O–H groups in total. The second-order valence-corrected chi connectivity index (χ2v) is 11.9. The largest absolute Gasteiger partial charge is 0.449 e. The van der Waals surface area contributed by atoms with Crippen LogP contribution in [0.2, 0.25) is 10.0 Å². The van der Waals surface area contributed by atoms with Gasteiger partial charge in [0.2, 0.25) is 0 Å². The molecule has 0 bridgehead atoms. The van der Waals surface area contributed by atoms with Crippen LogP contribution in [-0.2, 0) is 9.53 Å². The fraction of sp³-hybridized carbons (Fsp3) is 0.704. The summed E-state index contributed by atoms with van der Waals surface area (Å²) >= 11 is 12.6. The minimum atomic E-state index is -1.02. The fourth-order valence-electron chi connectivity index (χ4n) is 5.97. The number of likely N-dealkylation sites (N-methyl/N-ethyl adjacent to an activating group) is 1. The topological polar surface area (TPSA) is 61.9 Å². The van der Waals surface area contributed by atoms with Gasteiger partial charge in [-0.3, -0.25) is 9.69 Å². The van der Waals surface area contributed by atoms with Crippen LogP contribution < -0.4 is 5.32 Å². The molecular weight excluding hydrogens is 485 g/mol. The van der Waals surface area contributed by atoms with E-state index in [1.54, 1.807) is 18.0 Å². The molecule has 2 saturated carbocycles. The van der Waals surface area contributed by atoms with Crippen LogP contribution in [0.4, 0.5) is 4.79 Å². The van der Waals surface area contributed by atoms with Crippen molar-refractivity contribution in [2.45, 2.75) is 56.4 Å². The van der Waals surface area contributed by atoms with Crippen molar-refractivity contribution in [3.8, 4) is 0 Å². The fourth-order valence-corrected chi connectivity index (χ4v) is 6.28. The molecule has 1 aromatic carbocycles. The van der Waals surface area contributed by atoms with Crippen molar-refractivity contribution in [1.29, 1.82) is 0 Å². The van der Waals surface area contributed by atoms with E-state index in [0.717, 1.165) is 50.4 Å². The molecule has 5 rings (SSSR count). The number of amides is 1. The van der Waals surface area contributed by atoms with Crippen LogP contribution in [0.3, 0.4) is 0 Å². The summed E-state index contributed by atoms with van der Waals surface area (Å²) in [7, 11) is 1.73. The molecule has 2 aliphatic heterocycles. The summed E-state index contributed by atoms with van der Waals surface area (Å²) in [5.74, 6) is 1.38. The van der Waals surface area contributed by atoms with Crippen LogP contribution in [0.25, 0.3) is 0 Å². The van der Waals surface area contributed by atoms with Crippen molar-refractivity contribution >= 4 is 35.1 Å². The monoisotopic (exact) mass is 521 g/mol. The zero-order valence-electron chi connectivity index (χ0n) is 20.6. The molecule has 4 fully saturated rings. The van der Waals surface area contributed by atoms with Gasteiger partial charge in [-0.25, -0.2) is 4.79 Å². The number of ether oxygens (including phenoxy) is 1. The Morgan fingerprint density at radius 3 is 2.46 bits per heavy atom. The quantitative estimate of drug-likeness (QED) is 0.496. The van der Waals surface area contributed by atoms with Gasteiger partial charge in [-0.05, 0) is 74.7 Å². The molecule has 4 aliphatic rings. The number of halogens is 2. The molecule has 2 heterocycles. The number of nitrogens with zero attached hydrogens (tertiary/aromatic N) is 2. The number of Topliss-reactive ketones (excluding diaryl/α,β-unsaturated/α-hetero) is 1. The molecule has 0 unspecified atom stereocenters. The third-order valence-corrected chi connectivity index (χ3v) is 9.32. The molecule has 192 valence electrons. The highest BCUT2D eigenvalue weighted by atomic mass is 35.5. The highest BCUT2D eigenvalue weighted by molar-refractivity contribution is 6.42. The first-order chi connectivity index (χ1) is 16.9. The van der Waals surface area contributed by atoms with Crippen molar-refractivity contribution in [1.82, 2.24) is 15.1 Å². The lowest BCUT2D eigenvalue weighted by molar-refractivity contribution is -0.135. The third-order valence-electron chi connectivity index (χ3n) is 8.58. The standard InChI is InChI=1S/C27H37Cl2N3O3/c1-31(26(34)35-13-10-18-2-3-18)27(17-30-15-22(27)21-6-7-23(28)24(29)14-21)25(33)20-8-11-32(12-9-20)16-19-4-5-19/h6-7,14,18-20,22,30H,2-5,8-13,15-17H2,1H3/t22-,27+/m1/s1. The number of rotatable bonds is 9. The molecule has 0 radical (unpaired) electrons. The van der Waals surface area contributed by atoms with Gasteiger partial charge in [-0.15, -0.1) is 0 Å². The van der Waals surface area contributed by atoms with Crippen molar-refractivity contribution in [3.63, 3.8) is 0 Å². The molecule has 0 spiro atoms. The van der Waals surface area contributed by atoms with E-state index in [4.69, 9.17) is 27.9 Å². The van der Waals surface area contributed by atoms with Gasteiger partial charge in [0.25, 0.3) is 0 Å². The van der Waals surface area contributed by atoms with Gasteiger partial charge >= 0.3 is 6.09 Å². The molecule has 1 aromatic rings. The van der Waals surface area contributed by atoms with Gasteiger partial charge in [0.15, 0.2) is 5.78 Å². The zero-order valence-corrected chi connectivity index (χ0v) is 22.1. The number of benzene rings is 1. The van der Waals surface area contributed by atoms with Crippen LogP contribution in [0.5, 0.6) is 0 Å². The third kappa shape index (κ3) is 5.51. The number of ketones is 1. The van der Waals surface area contributed by atoms with E-state index in [0.29, 0.717) is 35.7 Å². The molecular formula is C27H37Cl2N3O3. The molecule has 2 saturated heterocycles. The second-order valence-electron chi connectivity index (χ2n) is 11.1. The summed E-state index contributed by atoms with van der Waals surface area (Å²) in [4.78, 5) is 31.7. The summed E-state index contributed by atoms with van der Waals surface area (Å²) in [6.45, 7) is 4.46. The summed E-state index contributed by atoms with van der Waals surface area (Å²) < 4.78 is 5.68. The highest BCUT2D eigenvalue weighted by Crippen LogP contribution is 2.42. The van der Waals surface area contributed by atoms with Gasteiger partial charge in [-0.1, -0.05) is 42.1 Å². The Balaban J connectivity index is 1.38. The van der Waals surface area contributed by atoms with Crippen LogP contribution in [0.15, 0.2) is 18.2 Å². The number of likely N-dealkylation sites (tertiary alicyclic amines) is 1. The van der Waals surface area contributed by atoms with Crippen LogP contribution in [0, 0.1) is 17.8 Å². The molecule has 6 nitrogen and oxygen atoms in total. The van der Waals surface area contributed by atoms with E-state index in [-0.39, 0.29) is 17.6 Å². The van der Waals surface area contributed by atoms with Crippen LogP contribution >= 0.6 is 23.2 Å². The van der Waals surface area contributed by atoms with E-state index >= 15 is 0 Å². The van der Waals surface area contributed by atoms with E-state index in [1.807, 2.05) is 12.1 Å². The lowest BCUT2D eigenvalue weighted by Crippen LogP contribution is -2.62. The Morgan fingerprint density at radius 2 is 1.80 bits per heavy atom. The zero-order chi connectivity index (χ0) is 24.6. The van der Waals surface area contributed by atoms with Crippen molar-refractivity contribution in [2.24, 2.45) is 17.8 Å². The number of hydrogen-bond donors (Lipinski definition) is 1. The first-order valence-electron chi connectivity index (χ1n) is 13.2. The van der Waals surface area contributed by atoms with E-state index in [9.17, 15) is 9.59 Å². The second kappa shape index (κ2) is 10.6. The maximum Gasteiger partial charge on any atom is 0.410 e. The minimum absolute atomic E-state index is 0.0719. The predicted octanol–water partition coefficient (Wildman–Crippen LogP) is 4.98. The molecule has 2 atom stereocenters. The highest BCUT2D eigenvalue weighted by Gasteiger charge is 2.56. The number of carbonyl (C=O) groups is 2. The van der Waals surface area contributed by atoms with Crippen molar-refractivity contribution < 1.29 is 14.3 Å². The lowest BCUT2D eigenvalue weighted by Gasteiger charge is -2.44. The average molecular weight is 523 g/mol. The molecule has 35 heavy (non-hydrogen) atoms. The van der Waals surface area contributed by atoms with E-state index in [2.05, 4.69) is 10.2 Å². The van der Waals surface area contributed by atoms with Gasteiger partial charge in [0, 0.05) is 38.5 Å². The van der Waals surface area contributed by atoms with Crippen LogP contribution in [-0.4, -0.2) is 73.6 Å². The maximum absolute atomic E-state index is 14.4. The normalized spacial score (nSPS) is 27.7. The smallest absolute Gasteiger partial charge is 0.410 e. The Kier molecular flexibility index (Phi) is 7.64. The molecule has 1 amide bonds. The van der Waals surface area contributed by atoms with E-state index < -0.39 is 11.6 Å². The summed E-state index contributed by atoms with van der Waals surface area (Å²) in [6.07, 6.45) is 7.28. The van der Waals surface area contributed by atoms with E-state index in [1.165, 1.54) is 25.7 Å². The molecule has 8 heteroatoms. The van der Waals surface area contributed by atoms with Crippen molar-refractivity contribution in [2.75, 3.05) is 46.4 Å². The van der Waals surface area contributed by atoms with Crippen LogP contribution in [0.1, 0.15) is 56.4 Å². The minimum Gasteiger partial charge on any atom is -0.449 e. The Morgan fingerprint density at radius 1 is 1.09 bits per heavy atom. The Labute approximate surface area is 218 Å². The number of piperidine rings is 1. The number of carbonyl (C=O) groups excluding carboxylic acids is 2. The molecule has 0 aromatic heterocycles. The Hall–Kier alpha value is -1.34. The summed E-state index contributed by atoms with van der Waals surface area (Å²) in [5.41, 5.74) is -0.0986. The average Bonchev–Trinajstić information content (AvgIpc) is 3.80. The number of hydrogen-bond acceptors (Lipinski definition) is 5. The van der Waals surface area contributed by atoms with Crippen molar-refractivity contribution in [3.05, 3.63) is 33.8 Å². The van der Waals surface area contributed by atoms with Gasteiger partial charge in [0.1, 0.15) is 5.54 Å². The number of nitrogens with one attached hydrogen (secondary N) is 1. The van der Waals surface area contributed by atoms with Gasteiger partial charge in [-0.2, -0.15) is 0 Å².